The molecule has 0 aromatic heterocycles. The molecule has 0 aliphatic heterocycles. The Hall–Kier alpha value is -1.69. The summed E-state index contributed by atoms with van der Waals surface area (Å²) in [5.41, 5.74) is 5.66. The maximum absolute atomic E-state index is 13.6. The minimum atomic E-state index is -2.70. The van der Waals surface area contributed by atoms with Gasteiger partial charge in [-0.3, -0.25) is 0 Å². The SMILES string of the molecule is Nc1ccc(Nc2c(F)cccc2Br)c(C(F)F)c1. The molecule has 0 atom stereocenters. The largest absolute Gasteiger partial charge is 0.399 e. The Balaban J connectivity index is 2.44. The predicted octanol–water partition coefficient (Wildman–Crippen LogP) is 4.85. The lowest BCUT2D eigenvalue weighted by Crippen LogP contribution is -2.00. The Morgan fingerprint density at radius 2 is 1.89 bits per heavy atom. The molecule has 2 aromatic carbocycles. The van der Waals surface area contributed by atoms with E-state index in [-0.39, 0.29) is 22.6 Å². The maximum atomic E-state index is 13.6. The predicted molar refractivity (Wildman–Crippen MR) is 73.2 cm³/mol. The number of nitrogens with one attached hydrogen (secondary N) is 1. The van der Waals surface area contributed by atoms with Gasteiger partial charge in [-0.25, -0.2) is 13.2 Å². The molecule has 3 N–H and O–H groups in total. The van der Waals surface area contributed by atoms with E-state index < -0.39 is 12.2 Å². The van der Waals surface area contributed by atoms with Crippen LogP contribution < -0.4 is 11.1 Å². The van der Waals surface area contributed by atoms with Crippen molar-refractivity contribution < 1.29 is 13.2 Å². The minimum Gasteiger partial charge on any atom is -0.399 e. The zero-order valence-corrected chi connectivity index (χ0v) is 11.2. The molecule has 0 unspecified atom stereocenters. The molecule has 0 heterocycles. The van der Waals surface area contributed by atoms with E-state index in [1.54, 1.807) is 6.07 Å². The summed E-state index contributed by atoms with van der Waals surface area (Å²) >= 11 is 3.17. The van der Waals surface area contributed by atoms with Crippen molar-refractivity contribution in [2.45, 2.75) is 6.43 Å². The van der Waals surface area contributed by atoms with Gasteiger partial charge in [0.05, 0.1) is 5.69 Å². The molecule has 100 valence electrons. The fourth-order valence-corrected chi connectivity index (χ4v) is 2.07. The van der Waals surface area contributed by atoms with Crippen molar-refractivity contribution in [3.8, 4) is 0 Å². The Kier molecular flexibility index (Phi) is 3.99. The highest BCUT2D eigenvalue weighted by atomic mass is 79.9. The summed E-state index contributed by atoms with van der Waals surface area (Å²) in [5, 5.41) is 2.66. The number of benzene rings is 2. The van der Waals surface area contributed by atoms with Crippen LogP contribution in [0.15, 0.2) is 40.9 Å². The molecule has 6 heteroatoms. The summed E-state index contributed by atoms with van der Waals surface area (Å²) in [7, 11) is 0. The number of alkyl halides is 2. The Morgan fingerprint density at radius 3 is 2.53 bits per heavy atom. The Morgan fingerprint density at radius 1 is 1.16 bits per heavy atom. The molecule has 0 fully saturated rings. The van der Waals surface area contributed by atoms with E-state index in [9.17, 15) is 13.2 Å². The second-order valence-electron chi connectivity index (χ2n) is 3.87. The van der Waals surface area contributed by atoms with Gasteiger partial charge in [0.2, 0.25) is 0 Å². The summed E-state index contributed by atoms with van der Waals surface area (Å²) in [6.07, 6.45) is -2.70. The van der Waals surface area contributed by atoms with Crippen LogP contribution in [-0.2, 0) is 0 Å². The van der Waals surface area contributed by atoms with Crippen molar-refractivity contribution in [2.24, 2.45) is 0 Å². The molecule has 0 aliphatic carbocycles. The first-order valence-corrected chi connectivity index (χ1v) is 6.17. The standard InChI is InChI=1S/C13H10BrF3N2/c14-9-2-1-3-10(15)12(9)19-11-5-4-7(18)6-8(11)13(16)17/h1-6,13,19H,18H2. The fourth-order valence-electron chi connectivity index (χ4n) is 1.63. The zero-order chi connectivity index (χ0) is 14.0. The average molecular weight is 331 g/mol. The molecule has 0 radical (unpaired) electrons. The number of nitrogens with two attached hydrogens (primary N) is 1. The van der Waals surface area contributed by atoms with E-state index in [1.165, 1.54) is 30.3 Å². The first-order valence-electron chi connectivity index (χ1n) is 5.37. The van der Waals surface area contributed by atoms with Crippen molar-refractivity contribution in [2.75, 3.05) is 11.1 Å². The van der Waals surface area contributed by atoms with Crippen LogP contribution in [0, 0.1) is 5.82 Å². The topological polar surface area (TPSA) is 38.0 Å². The zero-order valence-electron chi connectivity index (χ0n) is 9.63. The number of hydrogen-bond donors (Lipinski definition) is 2. The highest BCUT2D eigenvalue weighted by Gasteiger charge is 2.15. The summed E-state index contributed by atoms with van der Waals surface area (Å²) in [6.45, 7) is 0. The van der Waals surface area contributed by atoms with Crippen molar-refractivity contribution in [1.29, 1.82) is 0 Å². The fraction of sp³-hybridized carbons (Fsp3) is 0.0769. The lowest BCUT2D eigenvalue weighted by Gasteiger charge is -2.14. The molecule has 19 heavy (non-hydrogen) atoms. The van der Waals surface area contributed by atoms with Gasteiger partial charge in [-0.2, -0.15) is 0 Å². The number of nitrogen functional groups attached to an aromatic ring is 1. The van der Waals surface area contributed by atoms with Crippen LogP contribution in [0.5, 0.6) is 0 Å². The molecule has 0 saturated heterocycles. The molecule has 2 aromatic rings. The monoisotopic (exact) mass is 330 g/mol. The van der Waals surface area contributed by atoms with Crippen LogP contribution in [0.25, 0.3) is 0 Å². The van der Waals surface area contributed by atoms with E-state index in [1.807, 2.05) is 0 Å². The average Bonchev–Trinajstić information content (AvgIpc) is 2.35. The van der Waals surface area contributed by atoms with Crippen LogP contribution in [0.2, 0.25) is 0 Å². The molecular formula is C13H10BrF3N2. The van der Waals surface area contributed by atoms with Gasteiger partial charge in [-0.1, -0.05) is 6.07 Å². The first kappa shape index (κ1) is 13.7. The van der Waals surface area contributed by atoms with Crippen molar-refractivity contribution in [3.05, 3.63) is 52.3 Å². The molecule has 2 nitrogen and oxygen atoms in total. The Bertz CT molecular complexity index is 582. The third-order valence-electron chi connectivity index (χ3n) is 2.53. The van der Waals surface area contributed by atoms with E-state index in [4.69, 9.17) is 5.73 Å². The van der Waals surface area contributed by atoms with E-state index in [0.717, 1.165) is 0 Å². The van der Waals surface area contributed by atoms with Gasteiger partial charge in [0, 0.05) is 21.4 Å². The van der Waals surface area contributed by atoms with E-state index >= 15 is 0 Å². The molecular weight excluding hydrogens is 321 g/mol. The second-order valence-corrected chi connectivity index (χ2v) is 4.72. The number of hydrogen-bond acceptors (Lipinski definition) is 2. The third kappa shape index (κ3) is 3.01. The minimum absolute atomic E-state index is 0.106. The molecule has 0 bridgehead atoms. The van der Waals surface area contributed by atoms with Gasteiger partial charge >= 0.3 is 0 Å². The van der Waals surface area contributed by atoms with Crippen molar-refractivity contribution in [1.82, 2.24) is 0 Å². The highest BCUT2D eigenvalue weighted by Crippen LogP contribution is 2.34. The maximum Gasteiger partial charge on any atom is 0.265 e. The quantitative estimate of drug-likeness (QED) is 0.789. The molecule has 0 aliphatic rings. The van der Waals surface area contributed by atoms with Gasteiger partial charge in [0.25, 0.3) is 6.43 Å². The van der Waals surface area contributed by atoms with Crippen LogP contribution in [-0.4, -0.2) is 0 Å². The third-order valence-corrected chi connectivity index (χ3v) is 3.19. The van der Waals surface area contributed by atoms with Gasteiger partial charge in [-0.15, -0.1) is 0 Å². The van der Waals surface area contributed by atoms with Crippen molar-refractivity contribution in [3.63, 3.8) is 0 Å². The smallest absolute Gasteiger partial charge is 0.265 e. The van der Waals surface area contributed by atoms with Crippen LogP contribution >= 0.6 is 15.9 Å². The molecule has 0 spiro atoms. The number of para-hydroxylation sites is 1. The number of anilines is 3. The molecule has 0 saturated carbocycles. The Labute approximate surface area is 116 Å². The van der Waals surface area contributed by atoms with Crippen LogP contribution in [0.4, 0.5) is 30.2 Å². The van der Waals surface area contributed by atoms with E-state index in [0.29, 0.717) is 4.47 Å². The highest BCUT2D eigenvalue weighted by molar-refractivity contribution is 9.10. The summed E-state index contributed by atoms with van der Waals surface area (Å²) < 4.78 is 39.9. The summed E-state index contributed by atoms with van der Waals surface area (Å²) in [6, 6.07) is 8.42. The van der Waals surface area contributed by atoms with Crippen LogP contribution in [0.1, 0.15) is 12.0 Å². The lowest BCUT2D eigenvalue weighted by molar-refractivity contribution is 0.152. The summed E-state index contributed by atoms with van der Waals surface area (Å²) in [4.78, 5) is 0. The number of rotatable bonds is 3. The molecule has 0 amide bonds. The lowest BCUT2D eigenvalue weighted by atomic mass is 10.1. The van der Waals surface area contributed by atoms with Crippen LogP contribution in [0.3, 0.4) is 0 Å². The van der Waals surface area contributed by atoms with Crippen molar-refractivity contribution >= 4 is 33.0 Å². The van der Waals surface area contributed by atoms with Gasteiger partial charge in [0.1, 0.15) is 5.82 Å². The second kappa shape index (κ2) is 5.52. The normalized spacial score (nSPS) is 10.8. The summed E-state index contributed by atoms with van der Waals surface area (Å²) in [5.74, 6) is -0.536. The van der Waals surface area contributed by atoms with Gasteiger partial charge in [0.15, 0.2) is 0 Å². The van der Waals surface area contributed by atoms with Gasteiger partial charge in [-0.05, 0) is 46.3 Å². The molecule has 2 rings (SSSR count). The van der Waals surface area contributed by atoms with E-state index in [2.05, 4.69) is 21.2 Å². The number of halogens is 4. The first-order chi connectivity index (χ1) is 8.99. The van der Waals surface area contributed by atoms with Gasteiger partial charge < -0.3 is 11.1 Å².